The molecule has 0 atom stereocenters. The molecule has 120 valence electrons. The number of hydrogen-bond acceptors (Lipinski definition) is 3. The minimum absolute atomic E-state index is 0.0328. The van der Waals surface area contributed by atoms with E-state index in [0.717, 1.165) is 12.6 Å². The molecule has 22 heavy (non-hydrogen) atoms. The molecule has 0 unspecified atom stereocenters. The molecule has 3 rings (SSSR count). The SMILES string of the molecule is O=C(/C=C/c1ccco1)NCC1CCN(C2CCCC2)CC1. The lowest BCUT2D eigenvalue weighted by atomic mass is 9.95. The van der Waals surface area contributed by atoms with Crippen molar-refractivity contribution < 1.29 is 9.21 Å². The van der Waals surface area contributed by atoms with E-state index in [9.17, 15) is 4.79 Å². The smallest absolute Gasteiger partial charge is 0.244 e. The summed E-state index contributed by atoms with van der Waals surface area (Å²) in [6.45, 7) is 3.20. The summed E-state index contributed by atoms with van der Waals surface area (Å²) in [5.74, 6) is 1.30. The molecule has 1 saturated carbocycles. The maximum atomic E-state index is 11.8. The van der Waals surface area contributed by atoms with Crippen molar-refractivity contribution in [1.29, 1.82) is 0 Å². The van der Waals surface area contributed by atoms with Crippen LogP contribution in [0.25, 0.3) is 6.08 Å². The van der Waals surface area contributed by atoms with Gasteiger partial charge in [-0.1, -0.05) is 12.8 Å². The summed E-state index contributed by atoms with van der Waals surface area (Å²) in [7, 11) is 0. The first-order valence-electron chi connectivity index (χ1n) is 8.55. The largest absolute Gasteiger partial charge is 0.465 e. The normalized spacial score (nSPS) is 21.6. The van der Waals surface area contributed by atoms with Crippen LogP contribution >= 0.6 is 0 Å². The van der Waals surface area contributed by atoms with Gasteiger partial charge >= 0.3 is 0 Å². The molecule has 1 amide bonds. The highest BCUT2D eigenvalue weighted by Crippen LogP contribution is 2.27. The fourth-order valence-corrected chi connectivity index (χ4v) is 3.64. The quantitative estimate of drug-likeness (QED) is 0.850. The first kappa shape index (κ1) is 15.3. The van der Waals surface area contributed by atoms with Crippen LogP contribution in [-0.4, -0.2) is 36.5 Å². The Kier molecular flexibility index (Phi) is 5.33. The Bertz CT molecular complexity index is 481. The summed E-state index contributed by atoms with van der Waals surface area (Å²) in [5.41, 5.74) is 0. The fraction of sp³-hybridized carbons (Fsp3) is 0.611. The molecule has 1 aliphatic heterocycles. The molecule has 0 bridgehead atoms. The van der Waals surface area contributed by atoms with E-state index in [4.69, 9.17) is 4.42 Å². The second-order valence-electron chi connectivity index (χ2n) is 6.51. The molecule has 2 heterocycles. The predicted molar refractivity (Wildman–Crippen MR) is 87.3 cm³/mol. The predicted octanol–water partition coefficient (Wildman–Crippen LogP) is 3.06. The Morgan fingerprint density at radius 3 is 2.73 bits per heavy atom. The van der Waals surface area contributed by atoms with Crippen LogP contribution < -0.4 is 5.32 Å². The minimum Gasteiger partial charge on any atom is -0.465 e. The average molecular weight is 302 g/mol. The van der Waals surface area contributed by atoms with Crippen LogP contribution in [0.4, 0.5) is 0 Å². The number of nitrogens with zero attached hydrogens (tertiary/aromatic N) is 1. The molecule has 2 fully saturated rings. The van der Waals surface area contributed by atoms with E-state index in [1.165, 1.54) is 51.6 Å². The van der Waals surface area contributed by atoms with Gasteiger partial charge in [0.05, 0.1) is 6.26 Å². The lowest BCUT2D eigenvalue weighted by Crippen LogP contribution is -2.42. The van der Waals surface area contributed by atoms with Crippen LogP contribution in [0.3, 0.4) is 0 Å². The van der Waals surface area contributed by atoms with Crippen LogP contribution in [0, 0.1) is 5.92 Å². The summed E-state index contributed by atoms with van der Waals surface area (Å²) in [6, 6.07) is 4.49. The van der Waals surface area contributed by atoms with Crippen molar-refractivity contribution in [3.05, 3.63) is 30.2 Å². The van der Waals surface area contributed by atoms with E-state index in [-0.39, 0.29) is 5.91 Å². The van der Waals surface area contributed by atoms with E-state index in [2.05, 4.69) is 10.2 Å². The van der Waals surface area contributed by atoms with E-state index < -0.39 is 0 Å². The van der Waals surface area contributed by atoms with E-state index >= 15 is 0 Å². The Labute approximate surface area is 132 Å². The number of amides is 1. The van der Waals surface area contributed by atoms with Crippen molar-refractivity contribution in [2.45, 2.75) is 44.6 Å². The summed E-state index contributed by atoms with van der Waals surface area (Å²) >= 11 is 0. The minimum atomic E-state index is -0.0328. The number of piperidine rings is 1. The van der Waals surface area contributed by atoms with Crippen molar-refractivity contribution in [3.8, 4) is 0 Å². The molecule has 0 radical (unpaired) electrons. The second-order valence-corrected chi connectivity index (χ2v) is 6.51. The fourth-order valence-electron chi connectivity index (χ4n) is 3.64. The first-order chi connectivity index (χ1) is 10.8. The van der Waals surface area contributed by atoms with Gasteiger partial charge in [-0.2, -0.15) is 0 Å². The van der Waals surface area contributed by atoms with E-state index in [1.807, 2.05) is 12.1 Å². The molecule has 4 nitrogen and oxygen atoms in total. The Hall–Kier alpha value is -1.55. The van der Waals surface area contributed by atoms with Gasteiger partial charge in [0.1, 0.15) is 5.76 Å². The summed E-state index contributed by atoms with van der Waals surface area (Å²) in [6.07, 6.45) is 12.9. The molecule has 1 saturated heterocycles. The number of furan rings is 1. The van der Waals surface area contributed by atoms with E-state index in [0.29, 0.717) is 11.7 Å². The average Bonchev–Trinajstić information content (AvgIpc) is 3.24. The highest BCUT2D eigenvalue weighted by molar-refractivity contribution is 5.91. The molecule has 4 heteroatoms. The van der Waals surface area contributed by atoms with Crippen molar-refractivity contribution in [1.82, 2.24) is 10.2 Å². The summed E-state index contributed by atoms with van der Waals surface area (Å²) in [5, 5.41) is 3.01. The van der Waals surface area contributed by atoms with Crippen LogP contribution in [0.1, 0.15) is 44.3 Å². The zero-order valence-electron chi connectivity index (χ0n) is 13.2. The molecule has 0 aromatic carbocycles. The van der Waals surface area contributed by atoms with Gasteiger partial charge in [0.2, 0.25) is 5.91 Å². The van der Waals surface area contributed by atoms with Crippen LogP contribution in [0.2, 0.25) is 0 Å². The molecule has 1 aromatic heterocycles. The molecular formula is C18H26N2O2. The first-order valence-corrected chi connectivity index (χ1v) is 8.55. The van der Waals surface area contributed by atoms with Crippen LogP contribution in [0.15, 0.2) is 28.9 Å². The second kappa shape index (κ2) is 7.63. The third-order valence-electron chi connectivity index (χ3n) is 5.00. The summed E-state index contributed by atoms with van der Waals surface area (Å²) in [4.78, 5) is 14.5. The van der Waals surface area contributed by atoms with Gasteiger partial charge in [-0.05, 0) is 62.9 Å². The highest BCUT2D eigenvalue weighted by Gasteiger charge is 2.26. The zero-order chi connectivity index (χ0) is 15.2. The van der Waals surface area contributed by atoms with Gasteiger partial charge in [0.25, 0.3) is 0 Å². The zero-order valence-corrected chi connectivity index (χ0v) is 13.2. The van der Waals surface area contributed by atoms with Gasteiger partial charge in [-0.3, -0.25) is 4.79 Å². The van der Waals surface area contributed by atoms with Gasteiger partial charge in [0.15, 0.2) is 0 Å². The number of carbonyl (C=O) groups excluding carboxylic acids is 1. The van der Waals surface area contributed by atoms with Gasteiger partial charge in [-0.15, -0.1) is 0 Å². The maximum absolute atomic E-state index is 11.8. The number of likely N-dealkylation sites (tertiary alicyclic amines) is 1. The maximum Gasteiger partial charge on any atom is 0.244 e. The van der Waals surface area contributed by atoms with Gasteiger partial charge in [0, 0.05) is 18.7 Å². The van der Waals surface area contributed by atoms with Crippen molar-refractivity contribution >= 4 is 12.0 Å². The highest BCUT2D eigenvalue weighted by atomic mass is 16.3. The lowest BCUT2D eigenvalue weighted by molar-refractivity contribution is -0.116. The molecule has 0 spiro atoms. The van der Waals surface area contributed by atoms with Crippen LogP contribution in [-0.2, 0) is 4.79 Å². The topological polar surface area (TPSA) is 45.5 Å². The number of nitrogens with one attached hydrogen (secondary N) is 1. The monoisotopic (exact) mass is 302 g/mol. The van der Waals surface area contributed by atoms with E-state index in [1.54, 1.807) is 18.4 Å². The van der Waals surface area contributed by atoms with Crippen molar-refractivity contribution in [2.75, 3.05) is 19.6 Å². The third kappa shape index (κ3) is 4.23. The Morgan fingerprint density at radius 1 is 1.27 bits per heavy atom. The van der Waals surface area contributed by atoms with Gasteiger partial charge in [-0.25, -0.2) is 0 Å². The molecule has 2 aliphatic rings. The lowest BCUT2D eigenvalue weighted by Gasteiger charge is -2.36. The standard InChI is InChI=1S/C18H26N2O2/c21-18(8-7-17-6-3-13-22-17)19-14-15-9-11-20(12-10-15)16-4-1-2-5-16/h3,6-8,13,15-16H,1-2,4-5,9-12,14H2,(H,19,21)/b8-7+. The molecular weight excluding hydrogens is 276 g/mol. The van der Waals surface area contributed by atoms with Gasteiger partial charge < -0.3 is 14.6 Å². The van der Waals surface area contributed by atoms with Crippen molar-refractivity contribution in [3.63, 3.8) is 0 Å². The third-order valence-corrected chi connectivity index (χ3v) is 5.00. The summed E-state index contributed by atoms with van der Waals surface area (Å²) < 4.78 is 5.17. The molecule has 1 aromatic rings. The number of hydrogen-bond donors (Lipinski definition) is 1. The Balaban J connectivity index is 1.35. The molecule has 1 aliphatic carbocycles. The number of rotatable bonds is 5. The number of carbonyl (C=O) groups is 1. The molecule has 1 N–H and O–H groups in total. The van der Waals surface area contributed by atoms with Crippen molar-refractivity contribution in [2.24, 2.45) is 5.92 Å². The Morgan fingerprint density at radius 2 is 2.05 bits per heavy atom. The van der Waals surface area contributed by atoms with Crippen LogP contribution in [0.5, 0.6) is 0 Å².